The first kappa shape index (κ1) is 17.4. The minimum Gasteiger partial charge on any atom is -0.261 e. The highest BCUT2D eigenvalue weighted by atomic mass is 32.2. The molecule has 0 heterocycles. The van der Waals surface area contributed by atoms with Gasteiger partial charge in [-0.3, -0.25) is 4.18 Å². The molecule has 2 aromatic carbocycles. The molecule has 0 aliphatic rings. The van der Waals surface area contributed by atoms with Crippen molar-refractivity contribution >= 4 is 10.1 Å². The highest BCUT2D eigenvalue weighted by Gasteiger charge is 2.27. The van der Waals surface area contributed by atoms with Gasteiger partial charge in [-0.15, -0.1) is 0 Å². The summed E-state index contributed by atoms with van der Waals surface area (Å²) < 4.78 is 93.9. The number of rotatable bonds is 4. The van der Waals surface area contributed by atoms with Crippen molar-refractivity contribution in [3.63, 3.8) is 0 Å². The fraction of sp³-hybridized carbons (Fsp3) is 0.143. The number of halogens is 5. The second-order valence-electron chi connectivity index (χ2n) is 4.58. The summed E-state index contributed by atoms with van der Waals surface area (Å²) in [6.07, 6.45) is 0. The third-order valence-corrected chi connectivity index (χ3v) is 4.25. The molecule has 3 nitrogen and oxygen atoms in total. The van der Waals surface area contributed by atoms with E-state index in [2.05, 4.69) is 4.18 Å². The van der Waals surface area contributed by atoms with E-state index in [1.165, 1.54) is 24.3 Å². The first-order valence-corrected chi connectivity index (χ1v) is 7.52. The van der Waals surface area contributed by atoms with Crippen molar-refractivity contribution in [2.24, 2.45) is 0 Å². The van der Waals surface area contributed by atoms with Gasteiger partial charge < -0.3 is 0 Å². The summed E-state index contributed by atoms with van der Waals surface area (Å²) in [5, 5.41) is 0. The van der Waals surface area contributed by atoms with Gasteiger partial charge in [-0.05, 0) is 19.1 Å². The van der Waals surface area contributed by atoms with Crippen LogP contribution in [0.1, 0.15) is 11.1 Å². The van der Waals surface area contributed by atoms with Crippen molar-refractivity contribution in [2.45, 2.75) is 18.4 Å². The number of hydrogen-bond donors (Lipinski definition) is 0. The summed E-state index contributed by atoms with van der Waals surface area (Å²) >= 11 is 0. The molecule has 9 heteroatoms. The van der Waals surface area contributed by atoms with Crippen LogP contribution < -0.4 is 0 Å². The molecule has 0 aliphatic heterocycles. The molecule has 0 N–H and O–H groups in total. The van der Waals surface area contributed by atoms with Crippen LogP contribution in [0.15, 0.2) is 29.2 Å². The monoisotopic (exact) mass is 352 g/mol. The molecule has 0 saturated carbocycles. The third kappa shape index (κ3) is 3.35. The zero-order chi connectivity index (χ0) is 17.4. The third-order valence-electron chi connectivity index (χ3n) is 2.97. The van der Waals surface area contributed by atoms with Crippen molar-refractivity contribution in [2.75, 3.05) is 0 Å². The van der Waals surface area contributed by atoms with Crippen molar-refractivity contribution < 1.29 is 34.6 Å². The maximum Gasteiger partial charge on any atom is 0.297 e. The highest BCUT2D eigenvalue weighted by molar-refractivity contribution is 7.86. The predicted octanol–water partition coefficient (Wildman–Crippen LogP) is 3.60. The van der Waals surface area contributed by atoms with E-state index in [0.29, 0.717) is 0 Å². The molecule has 0 fully saturated rings. The quantitative estimate of drug-likeness (QED) is 0.366. The summed E-state index contributed by atoms with van der Waals surface area (Å²) in [7, 11) is -4.42. The predicted molar refractivity (Wildman–Crippen MR) is 69.4 cm³/mol. The van der Waals surface area contributed by atoms with E-state index in [1.54, 1.807) is 6.92 Å². The number of benzene rings is 2. The lowest BCUT2D eigenvalue weighted by Gasteiger charge is -2.09. The Bertz CT molecular complexity index is 819. The summed E-state index contributed by atoms with van der Waals surface area (Å²) in [6, 6.07) is 5.27. The molecular weight excluding hydrogens is 343 g/mol. The van der Waals surface area contributed by atoms with Crippen molar-refractivity contribution in [3.8, 4) is 0 Å². The van der Waals surface area contributed by atoms with Crippen molar-refractivity contribution in [1.29, 1.82) is 0 Å². The molecule has 124 valence electrons. The van der Waals surface area contributed by atoms with Crippen molar-refractivity contribution in [3.05, 3.63) is 64.5 Å². The van der Waals surface area contributed by atoms with Crippen LogP contribution in [-0.4, -0.2) is 8.42 Å². The molecule has 0 saturated heterocycles. The number of aryl methyl sites for hydroxylation is 1. The first-order valence-electron chi connectivity index (χ1n) is 6.11. The van der Waals surface area contributed by atoms with Gasteiger partial charge in [-0.1, -0.05) is 17.7 Å². The molecule has 0 radical (unpaired) electrons. The Morgan fingerprint density at radius 1 is 0.826 bits per heavy atom. The van der Waals surface area contributed by atoms with Gasteiger partial charge in [0.1, 0.15) is 0 Å². The lowest BCUT2D eigenvalue weighted by molar-refractivity contribution is 0.282. The van der Waals surface area contributed by atoms with E-state index < -0.39 is 51.4 Å². The van der Waals surface area contributed by atoms with Gasteiger partial charge >= 0.3 is 0 Å². The fourth-order valence-electron chi connectivity index (χ4n) is 1.69. The van der Waals surface area contributed by atoms with E-state index >= 15 is 0 Å². The van der Waals surface area contributed by atoms with Crippen LogP contribution in [0.3, 0.4) is 0 Å². The Balaban J connectivity index is 2.33. The Labute approximate surface area is 128 Å². The maximum absolute atomic E-state index is 13.4. The van der Waals surface area contributed by atoms with E-state index in [-0.39, 0.29) is 4.90 Å². The minimum atomic E-state index is -4.42. The lowest BCUT2D eigenvalue weighted by atomic mass is 10.2. The molecule has 23 heavy (non-hydrogen) atoms. The topological polar surface area (TPSA) is 43.4 Å². The molecule has 0 amide bonds. The zero-order valence-corrected chi connectivity index (χ0v) is 12.4. The number of hydrogen-bond acceptors (Lipinski definition) is 3. The second kappa shape index (κ2) is 6.25. The van der Waals surface area contributed by atoms with Gasteiger partial charge in [0.05, 0.1) is 17.1 Å². The molecule has 0 bridgehead atoms. The maximum atomic E-state index is 13.4. The molecule has 0 atom stereocenters. The molecule has 0 aromatic heterocycles. The van der Waals surface area contributed by atoms with Crippen LogP contribution in [0.25, 0.3) is 0 Å². The normalized spacial score (nSPS) is 11.7. The Morgan fingerprint density at radius 3 is 1.74 bits per heavy atom. The highest BCUT2D eigenvalue weighted by Crippen LogP contribution is 2.25. The second-order valence-corrected chi connectivity index (χ2v) is 6.19. The van der Waals surface area contributed by atoms with Crippen LogP contribution in [0.2, 0.25) is 0 Å². The SMILES string of the molecule is Cc1ccc(S(=O)(=O)OCc2c(F)c(F)c(F)c(F)c2F)cc1. The van der Waals surface area contributed by atoms with Crippen LogP contribution in [0, 0.1) is 36.0 Å². The summed E-state index contributed by atoms with van der Waals surface area (Å²) in [4.78, 5) is -0.313. The lowest BCUT2D eigenvalue weighted by Crippen LogP contribution is -2.12. The van der Waals surface area contributed by atoms with Crippen LogP contribution in [-0.2, 0) is 20.9 Å². The Morgan fingerprint density at radius 2 is 1.26 bits per heavy atom. The van der Waals surface area contributed by atoms with Gasteiger partial charge in [-0.25, -0.2) is 22.0 Å². The molecule has 0 unspecified atom stereocenters. The molecule has 2 rings (SSSR count). The standard InChI is InChI=1S/C14H9F5O3S/c1-7-2-4-8(5-3-7)23(20,21)22-6-9-10(15)12(17)14(19)13(18)11(9)16/h2-5H,6H2,1H3. The fourth-order valence-corrected chi connectivity index (χ4v) is 2.57. The molecular formula is C14H9F5O3S. The van der Waals surface area contributed by atoms with Crippen molar-refractivity contribution in [1.82, 2.24) is 0 Å². The van der Waals surface area contributed by atoms with Gasteiger partial charge in [0.15, 0.2) is 23.3 Å². The first-order chi connectivity index (χ1) is 10.6. The van der Waals surface area contributed by atoms with Gasteiger partial charge in [-0.2, -0.15) is 8.42 Å². The van der Waals surface area contributed by atoms with E-state index in [1.807, 2.05) is 0 Å². The van der Waals surface area contributed by atoms with Gasteiger partial charge in [0.25, 0.3) is 10.1 Å². The van der Waals surface area contributed by atoms with E-state index in [4.69, 9.17) is 0 Å². The average molecular weight is 352 g/mol. The largest absolute Gasteiger partial charge is 0.297 e. The molecule has 0 aliphatic carbocycles. The van der Waals surface area contributed by atoms with E-state index in [0.717, 1.165) is 5.56 Å². The van der Waals surface area contributed by atoms with Crippen LogP contribution in [0.5, 0.6) is 0 Å². The summed E-state index contributed by atoms with van der Waals surface area (Å²) in [5.74, 6) is -10.9. The van der Waals surface area contributed by atoms with Crippen LogP contribution >= 0.6 is 0 Å². The molecule has 2 aromatic rings. The Hall–Kier alpha value is -2.00. The Kier molecular flexibility index (Phi) is 4.71. The minimum absolute atomic E-state index is 0.313. The van der Waals surface area contributed by atoms with E-state index in [9.17, 15) is 30.4 Å². The van der Waals surface area contributed by atoms with Crippen LogP contribution in [0.4, 0.5) is 22.0 Å². The summed E-state index contributed by atoms with van der Waals surface area (Å²) in [6.45, 7) is 0.369. The summed E-state index contributed by atoms with van der Waals surface area (Å²) in [5.41, 5.74) is -0.610. The van der Waals surface area contributed by atoms with Gasteiger partial charge in [0, 0.05) is 0 Å². The van der Waals surface area contributed by atoms with Gasteiger partial charge in [0.2, 0.25) is 5.82 Å². The molecule has 0 spiro atoms. The average Bonchev–Trinajstić information content (AvgIpc) is 2.51. The smallest absolute Gasteiger partial charge is 0.261 e. The zero-order valence-electron chi connectivity index (χ0n) is 11.5.